The van der Waals surface area contributed by atoms with Crippen LogP contribution in [0.3, 0.4) is 0 Å². The van der Waals surface area contributed by atoms with Crippen LogP contribution in [0.4, 0.5) is 16.3 Å². The zero-order valence-electron chi connectivity index (χ0n) is 16.0. The Kier molecular flexibility index (Phi) is 5.23. The summed E-state index contributed by atoms with van der Waals surface area (Å²) in [4.78, 5) is 25.5. The fraction of sp³-hybridized carbons (Fsp3) is 0.286. The summed E-state index contributed by atoms with van der Waals surface area (Å²) >= 11 is 0. The van der Waals surface area contributed by atoms with Gasteiger partial charge in [0.25, 0.3) is 0 Å². The van der Waals surface area contributed by atoms with Crippen LogP contribution in [-0.4, -0.2) is 51.6 Å². The molecule has 0 unspecified atom stereocenters. The van der Waals surface area contributed by atoms with E-state index in [1.54, 1.807) is 6.33 Å². The van der Waals surface area contributed by atoms with Crippen molar-refractivity contribution in [2.24, 2.45) is 0 Å². The lowest BCUT2D eigenvalue weighted by Crippen LogP contribution is -2.50. The Morgan fingerprint density at radius 2 is 1.71 bits per heavy atom. The molecule has 144 valence electrons. The Hall–Kier alpha value is -3.35. The van der Waals surface area contributed by atoms with Crippen LogP contribution in [0.25, 0.3) is 5.82 Å². The highest BCUT2D eigenvalue weighted by atomic mass is 16.2. The quantitative estimate of drug-likeness (QED) is 0.759. The molecule has 7 nitrogen and oxygen atoms in total. The molecule has 1 aromatic carbocycles. The summed E-state index contributed by atoms with van der Waals surface area (Å²) in [5.41, 5.74) is 2.04. The number of rotatable bonds is 4. The molecule has 1 aliphatic rings. The van der Waals surface area contributed by atoms with Crippen molar-refractivity contribution in [1.29, 1.82) is 0 Å². The molecule has 28 heavy (non-hydrogen) atoms. The highest BCUT2D eigenvalue weighted by Gasteiger charge is 2.22. The van der Waals surface area contributed by atoms with Gasteiger partial charge in [0.05, 0.1) is 0 Å². The van der Waals surface area contributed by atoms with Gasteiger partial charge in [0.15, 0.2) is 0 Å². The maximum atomic E-state index is 12.7. The fourth-order valence-electron chi connectivity index (χ4n) is 3.42. The van der Waals surface area contributed by atoms with Gasteiger partial charge in [-0.25, -0.2) is 14.8 Å². The second kappa shape index (κ2) is 8.12. The van der Waals surface area contributed by atoms with Crippen LogP contribution in [0.2, 0.25) is 0 Å². The Balaban J connectivity index is 1.38. The van der Waals surface area contributed by atoms with E-state index in [-0.39, 0.29) is 6.03 Å². The van der Waals surface area contributed by atoms with Crippen LogP contribution in [0.15, 0.2) is 61.2 Å². The van der Waals surface area contributed by atoms with E-state index < -0.39 is 0 Å². The van der Waals surface area contributed by atoms with Gasteiger partial charge in [0, 0.05) is 50.3 Å². The van der Waals surface area contributed by atoms with Crippen molar-refractivity contribution < 1.29 is 4.79 Å². The minimum Gasteiger partial charge on any atom is -0.353 e. The molecule has 0 saturated carbocycles. The lowest BCUT2D eigenvalue weighted by molar-refractivity contribution is 0.208. The molecule has 3 aromatic rings. The third kappa shape index (κ3) is 3.83. The third-order valence-electron chi connectivity index (χ3n) is 5.04. The fourth-order valence-corrected chi connectivity index (χ4v) is 3.42. The van der Waals surface area contributed by atoms with E-state index in [1.807, 2.05) is 64.3 Å². The molecular formula is C21H24N6O. The van der Waals surface area contributed by atoms with E-state index in [1.165, 1.54) is 0 Å². The number of urea groups is 1. The van der Waals surface area contributed by atoms with Gasteiger partial charge >= 0.3 is 6.03 Å². The van der Waals surface area contributed by atoms with E-state index in [0.29, 0.717) is 13.1 Å². The average Bonchev–Trinajstić information content (AvgIpc) is 3.29. The molecule has 2 amide bonds. The Labute approximate surface area is 164 Å². The van der Waals surface area contributed by atoms with Gasteiger partial charge in [0.1, 0.15) is 18.0 Å². The SMILES string of the molecule is CCc1ccccc1NC(=O)N1CCN(c2cc(-n3cccc3)ncn2)CC1. The minimum absolute atomic E-state index is 0.0451. The molecule has 0 aliphatic carbocycles. The van der Waals surface area contributed by atoms with Gasteiger partial charge in [-0.3, -0.25) is 0 Å². The molecule has 0 atom stereocenters. The van der Waals surface area contributed by atoms with E-state index in [0.717, 1.165) is 42.4 Å². The highest BCUT2D eigenvalue weighted by Crippen LogP contribution is 2.19. The summed E-state index contributed by atoms with van der Waals surface area (Å²) in [5.74, 6) is 1.72. The van der Waals surface area contributed by atoms with Gasteiger partial charge in [-0.05, 0) is 30.2 Å². The van der Waals surface area contributed by atoms with E-state index >= 15 is 0 Å². The standard InChI is InChI=1S/C21H24N6O/c1-2-17-7-3-4-8-18(17)24-21(28)27-13-11-26(12-14-27)20-15-19(22-16-23-20)25-9-5-6-10-25/h3-10,15-16H,2,11-14H2,1H3,(H,24,28). The van der Waals surface area contributed by atoms with Crippen molar-refractivity contribution in [1.82, 2.24) is 19.4 Å². The number of nitrogens with one attached hydrogen (secondary N) is 1. The second-order valence-electron chi connectivity index (χ2n) is 6.74. The first-order valence-corrected chi connectivity index (χ1v) is 9.59. The molecule has 3 heterocycles. The number of amides is 2. The summed E-state index contributed by atoms with van der Waals surface area (Å²) in [6, 6.07) is 13.8. The number of hydrogen-bond donors (Lipinski definition) is 1. The predicted octanol–water partition coefficient (Wildman–Crippen LogP) is 3.18. The van der Waals surface area contributed by atoms with Gasteiger partial charge in [-0.2, -0.15) is 0 Å². The third-order valence-corrected chi connectivity index (χ3v) is 5.04. The number of hydrogen-bond acceptors (Lipinski definition) is 4. The van der Waals surface area contributed by atoms with Crippen molar-refractivity contribution in [2.75, 3.05) is 36.4 Å². The normalized spacial score (nSPS) is 14.2. The lowest BCUT2D eigenvalue weighted by atomic mass is 10.1. The van der Waals surface area contributed by atoms with Crippen LogP contribution < -0.4 is 10.2 Å². The van der Waals surface area contributed by atoms with Crippen LogP contribution in [0.5, 0.6) is 0 Å². The van der Waals surface area contributed by atoms with Crippen molar-refractivity contribution >= 4 is 17.5 Å². The Morgan fingerprint density at radius 1 is 1.00 bits per heavy atom. The van der Waals surface area contributed by atoms with Crippen molar-refractivity contribution in [2.45, 2.75) is 13.3 Å². The van der Waals surface area contributed by atoms with Crippen LogP contribution in [0, 0.1) is 0 Å². The molecule has 1 N–H and O–H groups in total. The van der Waals surface area contributed by atoms with Crippen molar-refractivity contribution in [3.8, 4) is 5.82 Å². The smallest absolute Gasteiger partial charge is 0.321 e. The molecule has 0 spiro atoms. The highest BCUT2D eigenvalue weighted by molar-refractivity contribution is 5.90. The molecule has 7 heteroatoms. The first kappa shape index (κ1) is 18.0. The summed E-state index contributed by atoms with van der Waals surface area (Å²) in [6.07, 6.45) is 6.40. The van der Waals surface area contributed by atoms with Crippen molar-refractivity contribution in [3.05, 3.63) is 66.7 Å². The lowest BCUT2D eigenvalue weighted by Gasteiger charge is -2.35. The van der Waals surface area contributed by atoms with Gasteiger partial charge in [0.2, 0.25) is 0 Å². The summed E-state index contributed by atoms with van der Waals surface area (Å²) in [5, 5.41) is 3.05. The van der Waals surface area contributed by atoms with Gasteiger partial charge in [-0.15, -0.1) is 0 Å². The Bertz CT molecular complexity index is 932. The van der Waals surface area contributed by atoms with Gasteiger partial charge in [-0.1, -0.05) is 25.1 Å². The minimum atomic E-state index is -0.0451. The number of para-hydroxylation sites is 1. The van der Waals surface area contributed by atoms with E-state index in [2.05, 4.69) is 27.1 Å². The van der Waals surface area contributed by atoms with E-state index in [9.17, 15) is 4.79 Å². The maximum absolute atomic E-state index is 12.7. The monoisotopic (exact) mass is 376 g/mol. The number of carbonyl (C=O) groups excluding carboxylic acids is 1. The first-order valence-electron chi connectivity index (χ1n) is 9.59. The molecule has 0 radical (unpaired) electrons. The average molecular weight is 376 g/mol. The predicted molar refractivity (Wildman–Crippen MR) is 110 cm³/mol. The summed E-state index contributed by atoms with van der Waals surface area (Å²) in [6.45, 7) is 4.88. The maximum Gasteiger partial charge on any atom is 0.321 e. The second-order valence-corrected chi connectivity index (χ2v) is 6.74. The molecule has 2 aromatic heterocycles. The van der Waals surface area contributed by atoms with Crippen LogP contribution in [0.1, 0.15) is 12.5 Å². The number of anilines is 2. The molecular weight excluding hydrogens is 352 g/mol. The van der Waals surface area contributed by atoms with Gasteiger partial charge < -0.3 is 19.7 Å². The number of carbonyl (C=O) groups is 1. The molecule has 4 rings (SSSR count). The topological polar surface area (TPSA) is 66.3 Å². The zero-order chi connectivity index (χ0) is 19.3. The van der Waals surface area contributed by atoms with Crippen molar-refractivity contribution in [3.63, 3.8) is 0 Å². The molecule has 0 bridgehead atoms. The number of aryl methyl sites for hydroxylation is 1. The number of aromatic nitrogens is 3. The molecule has 1 fully saturated rings. The number of benzene rings is 1. The number of piperazine rings is 1. The zero-order valence-corrected chi connectivity index (χ0v) is 16.0. The largest absolute Gasteiger partial charge is 0.353 e. The number of nitrogens with zero attached hydrogens (tertiary/aromatic N) is 5. The van der Waals surface area contributed by atoms with E-state index in [4.69, 9.17) is 0 Å². The first-order chi connectivity index (χ1) is 13.7. The summed E-state index contributed by atoms with van der Waals surface area (Å²) in [7, 11) is 0. The Morgan fingerprint density at radius 3 is 2.46 bits per heavy atom. The summed E-state index contributed by atoms with van der Waals surface area (Å²) < 4.78 is 1.96. The van der Waals surface area contributed by atoms with Crippen LogP contribution >= 0.6 is 0 Å². The van der Waals surface area contributed by atoms with Crippen LogP contribution in [-0.2, 0) is 6.42 Å². The molecule has 1 aliphatic heterocycles. The molecule has 1 saturated heterocycles.